The van der Waals surface area contributed by atoms with Crippen LogP contribution in [-0.2, 0) is 6.42 Å². The lowest BCUT2D eigenvalue weighted by Crippen LogP contribution is -1.97. The maximum atomic E-state index is 5.73. The molecule has 24 heavy (non-hydrogen) atoms. The summed E-state index contributed by atoms with van der Waals surface area (Å²) in [7, 11) is 0. The fraction of sp³-hybridized carbons (Fsp3) is 0.294. The molecule has 4 aromatic rings. The second kappa shape index (κ2) is 6.24. The Morgan fingerprint density at radius 2 is 2.00 bits per heavy atom. The molecule has 122 valence electrons. The van der Waals surface area contributed by atoms with Gasteiger partial charge in [-0.15, -0.1) is 5.10 Å². The lowest BCUT2D eigenvalue weighted by molar-refractivity contribution is 0.526. The summed E-state index contributed by atoms with van der Waals surface area (Å²) in [5, 5.41) is 5.26. The third-order valence-electron chi connectivity index (χ3n) is 3.70. The molecule has 0 atom stereocenters. The van der Waals surface area contributed by atoms with E-state index in [0.29, 0.717) is 5.78 Å². The van der Waals surface area contributed by atoms with Crippen LogP contribution in [0.3, 0.4) is 0 Å². The highest BCUT2D eigenvalue weighted by molar-refractivity contribution is 7.99. The minimum absolute atomic E-state index is 0.661. The van der Waals surface area contributed by atoms with E-state index in [1.54, 1.807) is 16.3 Å². The van der Waals surface area contributed by atoms with Crippen LogP contribution >= 0.6 is 11.8 Å². The summed E-state index contributed by atoms with van der Waals surface area (Å²) in [6.45, 7) is 3.98. The molecule has 0 radical (unpaired) electrons. The van der Waals surface area contributed by atoms with Crippen molar-refractivity contribution >= 4 is 28.6 Å². The molecule has 0 aliphatic heterocycles. The molecule has 0 aliphatic carbocycles. The Hall–Kier alpha value is -2.41. The summed E-state index contributed by atoms with van der Waals surface area (Å²) in [6, 6.07) is 9.84. The summed E-state index contributed by atoms with van der Waals surface area (Å²) in [6.07, 6.45) is 1.77. The maximum absolute atomic E-state index is 5.73. The SMILES string of the molecule is Cc1cc(C)n2nc(SCCCc3nc4ccccc4o3)nc2n1. The highest BCUT2D eigenvalue weighted by Crippen LogP contribution is 2.19. The molecule has 3 aromatic heterocycles. The van der Waals surface area contributed by atoms with Crippen molar-refractivity contribution in [2.24, 2.45) is 0 Å². The fourth-order valence-corrected chi connectivity index (χ4v) is 3.38. The van der Waals surface area contributed by atoms with Gasteiger partial charge in [-0.2, -0.15) is 4.98 Å². The van der Waals surface area contributed by atoms with Crippen molar-refractivity contribution in [1.29, 1.82) is 0 Å². The van der Waals surface area contributed by atoms with Gasteiger partial charge in [0, 0.05) is 23.6 Å². The van der Waals surface area contributed by atoms with E-state index in [-0.39, 0.29) is 0 Å². The van der Waals surface area contributed by atoms with Gasteiger partial charge in [0.25, 0.3) is 5.78 Å². The smallest absolute Gasteiger partial charge is 0.253 e. The second-order valence-corrected chi connectivity index (χ2v) is 6.73. The number of aryl methyl sites for hydroxylation is 3. The predicted octanol–water partition coefficient (Wildman–Crippen LogP) is 3.61. The van der Waals surface area contributed by atoms with Crippen molar-refractivity contribution < 1.29 is 4.42 Å². The molecule has 0 saturated heterocycles. The third kappa shape index (κ3) is 2.99. The van der Waals surface area contributed by atoms with E-state index in [1.807, 2.05) is 44.2 Å². The fourth-order valence-electron chi connectivity index (χ4n) is 2.62. The average Bonchev–Trinajstić information content (AvgIpc) is 3.14. The summed E-state index contributed by atoms with van der Waals surface area (Å²) < 4.78 is 7.52. The molecule has 3 heterocycles. The third-order valence-corrected chi connectivity index (χ3v) is 4.63. The molecule has 1 aromatic carbocycles. The Balaban J connectivity index is 1.38. The van der Waals surface area contributed by atoms with Crippen molar-refractivity contribution in [3.8, 4) is 0 Å². The first-order valence-electron chi connectivity index (χ1n) is 7.87. The molecular weight excluding hydrogens is 322 g/mol. The van der Waals surface area contributed by atoms with Gasteiger partial charge in [-0.05, 0) is 38.5 Å². The van der Waals surface area contributed by atoms with Crippen molar-refractivity contribution in [1.82, 2.24) is 24.6 Å². The van der Waals surface area contributed by atoms with Crippen LogP contribution in [-0.4, -0.2) is 30.3 Å². The molecule has 6 nitrogen and oxygen atoms in total. The van der Waals surface area contributed by atoms with Gasteiger partial charge in [-0.1, -0.05) is 23.9 Å². The lowest BCUT2D eigenvalue weighted by atomic mass is 10.3. The van der Waals surface area contributed by atoms with Crippen LogP contribution < -0.4 is 0 Å². The normalized spacial score (nSPS) is 11.6. The van der Waals surface area contributed by atoms with Crippen LogP contribution in [0.15, 0.2) is 39.9 Å². The van der Waals surface area contributed by atoms with Gasteiger partial charge in [-0.25, -0.2) is 14.5 Å². The predicted molar refractivity (Wildman–Crippen MR) is 93.3 cm³/mol. The molecule has 0 N–H and O–H groups in total. The molecule has 0 spiro atoms. The van der Waals surface area contributed by atoms with Gasteiger partial charge in [0.2, 0.25) is 5.16 Å². The Labute approximate surface area is 143 Å². The zero-order chi connectivity index (χ0) is 16.5. The zero-order valence-electron chi connectivity index (χ0n) is 13.6. The first kappa shape index (κ1) is 15.1. The number of fused-ring (bicyclic) bond motifs is 2. The van der Waals surface area contributed by atoms with Crippen molar-refractivity contribution in [2.45, 2.75) is 31.8 Å². The summed E-state index contributed by atoms with van der Waals surface area (Å²) in [4.78, 5) is 13.4. The Morgan fingerprint density at radius 1 is 1.12 bits per heavy atom. The maximum Gasteiger partial charge on any atom is 0.253 e. The van der Waals surface area contributed by atoms with Crippen molar-refractivity contribution in [3.63, 3.8) is 0 Å². The molecule has 4 rings (SSSR count). The van der Waals surface area contributed by atoms with Gasteiger partial charge in [-0.3, -0.25) is 0 Å². The standard InChI is InChI=1S/C17H17N5OS/c1-11-10-12(2)22-16(18-11)20-17(21-22)24-9-5-8-15-19-13-6-3-4-7-14(13)23-15/h3-4,6-7,10H,5,8-9H2,1-2H3. The van der Waals surface area contributed by atoms with E-state index in [9.17, 15) is 0 Å². The molecule has 7 heteroatoms. The van der Waals surface area contributed by atoms with E-state index in [4.69, 9.17) is 4.42 Å². The van der Waals surface area contributed by atoms with E-state index in [2.05, 4.69) is 20.1 Å². The summed E-state index contributed by atoms with van der Waals surface area (Å²) in [5.41, 5.74) is 3.77. The van der Waals surface area contributed by atoms with Crippen molar-refractivity contribution in [2.75, 3.05) is 5.75 Å². The van der Waals surface area contributed by atoms with Gasteiger partial charge in [0.15, 0.2) is 11.5 Å². The lowest BCUT2D eigenvalue weighted by Gasteiger charge is -1.97. The minimum atomic E-state index is 0.661. The van der Waals surface area contributed by atoms with Crippen LogP contribution in [0.4, 0.5) is 0 Å². The molecule has 0 fully saturated rings. The van der Waals surface area contributed by atoms with E-state index < -0.39 is 0 Å². The van der Waals surface area contributed by atoms with E-state index >= 15 is 0 Å². The number of hydrogen-bond donors (Lipinski definition) is 0. The van der Waals surface area contributed by atoms with Crippen molar-refractivity contribution in [3.05, 3.63) is 47.6 Å². The first-order valence-corrected chi connectivity index (χ1v) is 8.86. The average molecular weight is 339 g/mol. The van der Waals surface area contributed by atoms with Crippen LogP contribution in [0.5, 0.6) is 0 Å². The molecule has 0 bridgehead atoms. The Morgan fingerprint density at radius 3 is 2.88 bits per heavy atom. The summed E-state index contributed by atoms with van der Waals surface area (Å²) >= 11 is 1.63. The Bertz CT molecular complexity index is 974. The highest BCUT2D eigenvalue weighted by atomic mass is 32.2. The van der Waals surface area contributed by atoms with Crippen LogP contribution in [0.2, 0.25) is 0 Å². The van der Waals surface area contributed by atoms with Gasteiger partial charge >= 0.3 is 0 Å². The topological polar surface area (TPSA) is 69.1 Å². The van der Waals surface area contributed by atoms with Crippen LogP contribution in [0, 0.1) is 13.8 Å². The highest BCUT2D eigenvalue weighted by Gasteiger charge is 2.09. The molecule has 0 unspecified atom stereocenters. The zero-order valence-corrected chi connectivity index (χ0v) is 14.4. The first-order chi connectivity index (χ1) is 11.7. The van der Waals surface area contributed by atoms with Gasteiger partial charge < -0.3 is 4.42 Å². The number of benzene rings is 1. The van der Waals surface area contributed by atoms with Crippen LogP contribution in [0.25, 0.3) is 16.9 Å². The monoisotopic (exact) mass is 339 g/mol. The number of para-hydroxylation sites is 2. The van der Waals surface area contributed by atoms with Crippen LogP contribution in [0.1, 0.15) is 23.7 Å². The number of hydrogen-bond acceptors (Lipinski definition) is 6. The molecule has 0 amide bonds. The van der Waals surface area contributed by atoms with Gasteiger partial charge in [0.05, 0.1) is 0 Å². The quantitative estimate of drug-likeness (QED) is 0.409. The largest absolute Gasteiger partial charge is 0.441 e. The number of thioether (sulfide) groups is 1. The molecule has 0 saturated carbocycles. The van der Waals surface area contributed by atoms with E-state index in [0.717, 1.165) is 52.1 Å². The minimum Gasteiger partial charge on any atom is -0.441 e. The van der Waals surface area contributed by atoms with E-state index in [1.165, 1.54) is 0 Å². The number of aromatic nitrogens is 5. The number of oxazole rings is 1. The summed E-state index contributed by atoms with van der Waals surface area (Å²) in [5.74, 6) is 2.36. The number of rotatable bonds is 5. The van der Waals surface area contributed by atoms with Gasteiger partial charge in [0.1, 0.15) is 5.52 Å². The second-order valence-electron chi connectivity index (χ2n) is 5.67. The molecular formula is C17H17N5OS. The number of nitrogens with zero attached hydrogens (tertiary/aromatic N) is 5. The Kier molecular flexibility index (Phi) is 3.93. The molecule has 0 aliphatic rings.